The number of fused-ring (bicyclic) bond motifs is 1. The summed E-state index contributed by atoms with van der Waals surface area (Å²) in [5.41, 5.74) is 8.89. The van der Waals surface area contributed by atoms with Crippen molar-refractivity contribution in [3.05, 3.63) is 77.0 Å². The number of benzene rings is 1. The van der Waals surface area contributed by atoms with E-state index < -0.39 is 5.91 Å². The smallest absolute Gasteiger partial charge is 0.250 e. The molecule has 4 rings (SSSR count). The van der Waals surface area contributed by atoms with Gasteiger partial charge in [-0.1, -0.05) is 12.1 Å². The van der Waals surface area contributed by atoms with Crippen molar-refractivity contribution in [1.29, 1.82) is 0 Å². The fraction of sp³-hybridized carbons (Fsp3) is 0.167. The van der Waals surface area contributed by atoms with Gasteiger partial charge in [0.2, 0.25) is 5.91 Å². The fourth-order valence-electron chi connectivity index (χ4n) is 2.99. The van der Waals surface area contributed by atoms with Crippen LogP contribution in [0.5, 0.6) is 0 Å². The Kier molecular flexibility index (Phi) is 3.68. The Morgan fingerprint density at radius 1 is 1.12 bits per heavy atom. The molecule has 0 radical (unpaired) electrons. The Labute approximate surface area is 143 Å². The van der Waals surface area contributed by atoms with Crippen molar-refractivity contribution in [2.45, 2.75) is 19.6 Å². The van der Waals surface area contributed by atoms with E-state index in [1.807, 2.05) is 10.9 Å². The molecule has 7 heteroatoms. The van der Waals surface area contributed by atoms with Crippen LogP contribution in [0.25, 0.3) is 0 Å². The third kappa shape index (κ3) is 2.96. The number of hydrogen-bond donors (Lipinski definition) is 1. The molecule has 6 nitrogen and oxygen atoms in total. The highest BCUT2D eigenvalue weighted by Gasteiger charge is 2.24. The summed E-state index contributed by atoms with van der Waals surface area (Å²) in [6.07, 6.45) is 3.35. The van der Waals surface area contributed by atoms with E-state index in [0.29, 0.717) is 25.2 Å². The molecule has 0 saturated carbocycles. The summed E-state index contributed by atoms with van der Waals surface area (Å²) in [7, 11) is 0. The first-order valence-electron chi connectivity index (χ1n) is 7.89. The molecule has 0 saturated heterocycles. The zero-order valence-electron chi connectivity index (χ0n) is 13.4. The standard InChI is InChI=1S/C18H16FN5O/c19-15-4-1-12(2-5-15)9-24-16-11-23(10-14(16)8-22-24)17-6-3-13(7-21-17)18(20)25/h1-8H,9-11H2,(H2,20,25). The van der Waals surface area contributed by atoms with Crippen molar-refractivity contribution in [3.8, 4) is 0 Å². The van der Waals surface area contributed by atoms with Crippen molar-refractivity contribution >= 4 is 11.7 Å². The summed E-state index contributed by atoms with van der Waals surface area (Å²) < 4.78 is 15.0. The molecule has 1 amide bonds. The minimum atomic E-state index is -0.487. The van der Waals surface area contributed by atoms with Gasteiger partial charge in [0.25, 0.3) is 0 Å². The maximum Gasteiger partial charge on any atom is 0.250 e. The molecule has 0 unspecified atom stereocenters. The molecule has 1 aromatic carbocycles. The van der Waals surface area contributed by atoms with Gasteiger partial charge in [0.1, 0.15) is 11.6 Å². The topological polar surface area (TPSA) is 77.0 Å². The van der Waals surface area contributed by atoms with Crippen LogP contribution in [0.4, 0.5) is 10.2 Å². The van der Waals surface area contributed by atoms with E-state index in [4.69, 9.17) is 5.73 Å². The lowest BCUT2D eigenvalue weighted by molar-refractivity contribution is 0.1000. The van der Waals surface area contributed by atoms with Gasteiger partial charge in [-0.05, 0) is 29.8 Å². The van der Waals surface area contributed by atoms with E-state index in [1.165, 1.54) is 18.3 Å². The third-order valence-electron chi connectivity index (χ3n) is 4.34. The van der Waals surface area contributed by atoms with E-state index in [9.17, 15) is 9.18 Å². The summed E-state index contributed by atoms with van der Waals surface area (Å²) in [5.74, 6) is 0.0549. The molecular formula is C18H16FN5O. The number of carbonyl (C=O) groups excluding carboxylic acids is 1. The summed E-state index contributed by atoms with van der Waals surface area (Å²) in [5, 5.41) is 4.44. The number of hydrogen-bond acceptors (Lipinski definition) is 4. The normalized spacial score (nSPS) is 13.1. The average molecular weight is 337 g/mol. The summed E-state index contributed by atoms with van der Waals surface area (Å²) >= 11 is 0. The van der Waals surface area contributed by atoms with E-state index in [-0.39, 0.29) is 5.82 Å². The lowest BCUT2D eigenvalue weighted by Crippen LogP contribution is -2.19. The number of carbonyl (C=O) groups is 1. The molecule has 3 heterocycles. The molecular weight excluding hydrogens is 321 g/mol. The fourth-order valence-corrected chi connectivity index (χ4v) is 2.99. The van der Waals surface area contributed by atoms with Gasteiger partial charge in [-0.25, -0.2) is 9.37 Å². The van der Waals surface area contributed by atoms with Crippen molar-refractivity contribution in [1.82, 2.24) is 14.8 Å². The second kappa shape index (κ2) is 6.01. The molecule has 0 fully saturated rings. The number of anilines is 1. The summed E-state index contributed by atoms with van der Waals surface area (Å²) in [4.78, 5) is 17.6. The molecule has 0 bridgehead atoms. The molecule has 2 N–H and O–H groups in total. The summed E-state index contributed by atoms with van der Waals surface area (Å²) in [6.45, 7) is 1.98. The number of primary amides is 1. The molecule has 0 atom stereocenters. The molecule has 3 aromatic rings. The summed E-state index contributed by atoms with van der Waals surface area (Å²) in [6, 6.07) is 9.91. The van der Waals surface area contributed by atoms with Crippen LogP contribution < -0.4 is 10.6 Å². The molecule has 126 valence electrons. The second-order valence-corrected chi connectivity index (χ2v) is 6.03. The number of aromatic nitrogens is 3. The molecule has 1 aliphatic heterocycles. The van der Waals surface area contributed by atoms with Gasteiger partial charge in [-0.15, -0.1) is 0 Å². The quantitative estimate of drug-likeness (QED) is 0.791. The Morgan fingerprint density at radius 2 is 1.92 bits per heavy atom. The lowest BCUT2D eigenvalue weighted by Gasteiger charge is -2.17. The van der Waals surface area contributed by atoms with Crippen LogP contribution in [0.2, 0.25) is 0 Å². The van der Waals surface area contributed by atoms with Gasteiger partial charge < -0.3 is 10.6 Å². The van der Waals surface area contributed by atoms with Crippen molar-refractivity contribution in [2.24, 2.45) is 5.73 Å². The largest absolute Gasteiger partial charge is 0.366 e. The van der Waals surface area contributed by atoms with Crippen molar-refractivity contribution in [3.63, 3.8) is 0 Å². The van der Waals surface area contributed by atoms with Crippen LogP contribution >= 0.6 is 0 Å². The van der Waals surface area contributed by atoms with Crippen molar-refractivity contribution in [2.75, 3.05) is 4.90 Å². The molecule has 0 aliphatic carbocycles. The minimum Gasteiger partial charge on any atom is -0.366 e. The number of nitrogens with zero attached hydrogens (tertiary/aromatic N) is 4. The van der Waals surface area contributed by atoms with E-state index >= 15 is 0 Å². The zero-order valence-corrected chi connectivity index (χ0v) is 13.4. The number of rotatable bonds is 4. The maximum atomic E-state index is 13.0. The van der Waals surface area contributed by atoms with Gasteiger partial charge in [-0.2, -0.15) is 5.10 Å². The first kappa shape index (κ1) is 15.3. The van der Waals surface area contributed by atoms with Gasteiger partial charge in [0.05, 0.1) is 30.5 Å². The van der Waals surface area contributed by atoms with Crippen LogP contribution in [-0.2, 0) is 19.6 Å². The predicted octanol–water partition coefficient (Wildman–Crippen LogP) is 2.08. The Hall–Kier alpha value is -3.22. The highest BCUT2D eigenvalue weighted by atomic mass is 19.1. The van der Waals surface area contributed by atoms with Crippen molar-refractivity contribution < 1.29 is 9.18 Å². The highest BCUT2D eigenvalue weighted by Crippen LogP contribution is 2.27. The third-order valence-corrected chi connectivity index (χ3v) is 4.34. The lowest BCUT2D eigenvalue weighted by atomic mass is 10.2. The van der Waals surface area contributed by atoms with Crippen LogP contribution in [0.15, 0.2) is 48.8 Å². The van der Waals surface area contributed by atoms with E-state index in [1.54, 1.807) is 24.3 Å². The minimum absolute atomic E-state index is 0.244. The van der Waals surface area contributed by atoms with Crippen LogP contribution in [0.1, 0.15) is 27.2 Å². The molecule has 2 aromatic heterocycles. The van der Waals surface area contributed by atoms with Gasteiger partial charge in [0.15, 0.2) is 0 Å². The van der Waals surface area contributed by atoms with Crippen LogP contribution in [0.3, 0.4) is 0 Å². The van der Waals surface area contributed by atoms with Crippen LogP contribution in [0, 0.1) is 5.82 Å². The maximum absolute atomic E-state index is 13.0. The molecule has 1 aliphatic rings. The van der Waals surface area contributed by atoms with Crippen LogP contribution in [-0.4, -0.2) is 20.7 Å². The predicted molar refractivity (Wildman–Crippen MR) is 90.4 cm³/mol. The van der Waals surface area contributed by atoms with E-state index in [2.05, 4.69) is 15.0 Å². The highest BCUT2D eigenvalue weighted by molar-refractivity contribution is 5.92. The average Bonchev–Trinajstić information content (AvgIpc) is 3.19. The molecule has 25 heavy (non-hydrogen) atoms. The first-order valence-corrected chi connectivity index (χ1v) is 7.89. The number of nitrogens with two attached hydrogens (primary N) is 1. The Bertz CT molecular complexity index is 918. The second-order valence-electron chi connectivity index (χ2n) is 6.03. The van der Waals surface area contributed by atoms with Gasteiger partial charge >= 0.3 is 0 Å². The number of amides is 1. The number of halogens is 1. The van der Waals surface area contributed by atoms with E-state index in [0.717, 1.165) is 22.6 Å². The Morgan fingerprint density at radius 3 is 2.60 bits per heavy atom. The molecule has 0 spiro atoms. The number of pyridine rings is 1. The SMILES string of the molecule is NC(=O)c1ccc(N2Cc3cnn(Cc4ccc(F)cc4)c3C2)nc1. The van der Waals surface area contributed by atoms with Gasteiger partial charge in [0, 0.05) is 18.3 Å². The zero-order chi connectivity index (χ0) is 17.4. The monoisotopic (exact) mass is 337 g/mol. The van der Waals surface area contributed by atoms with Gasteiger partial charge in [-0.3, -0.25) is 9.48 Å². The first-order chi connectivity index (χ1) is 12.1. The Balaban J connectivity index is 1.52.